The Morgan fingerprint density at radius 2 is 1.80 bits per heavy atom. The van der Waals surface area contributed by atoms with Gasteiger partial charge >= 0.3 is 0 Å². The van der Waals surface area contributed by atoms with Gasteiger partial charge in [-0.2, -0.15) is 0 Å². The lowest BCUT2D eigenvalue weighted by Crippen LogP contribution is -2.18. The van der Waals surface area contributed by atoms with E-state index in [0.717, 1.165) is 11.6 Å². The number of carbonyl (C=O) groups is 2. The van der Waals surface area contributed by atoms with Crippen molar-refractivity contribution in [2.24, 2.45) is 0 Å². The Bertz CT molecular complexity index is 824. The first-order valence-electron chi connectivity index (χ1n) is 6.01. The van der Waals surface area contributed by atoms with Crippen LogP contribution in [0.5, 0.6) is 0 Å². The first-order valence-corrected chi connectivity index (χ1v) is 6.01. The average molecular weight is 269 g/mol. The molecule has 1 aliphatic carbocycles. The van der Waals surface area contributed by atoms with Gasteiger partial charge in [0.1, 0.15) is 0 Å². The Labute approximate surface area is 113 Å². The smallest absolute Gasteiger partial charge is 0.232 e. The fourth-order valence-electron chi connectivity index (χ4n) is 2.45. The number of para-hydroxylation sites is 1. The van der Waals surface area contributed by atoms with Gasteiger partial charge < -0.3 is 15.2 Å². The van der Waals surface area contributed by atoms with E-state index in [1.54, 1.807) is 19.1 Å². The number of hydrogen-bond donors (Lipinski definition) is 3. The van der Waals surface area contributed by atoms with Crippen LogP contribution in [0.4, 0.5) is 0 Å². The number of nitrogens with one attached hydrogen (secondary N) is 1. The summed E-state index contributed by atoms with van der Waals surface area (Å²) in [5.41, 5.74) is 1.71. The number of aliphatic hydroxyl groups is 2. The van der Waals surface area contributed by atoms with E-state index < -0.39 is 23.1 Å². The van der Waals surface area contributed by atoms with Crippen molar-refractivity contribution in [3.05, 3.63) is 53.1 Å². The number of benzene rings is 1. The van der Waals surface area contributed by atoms with Gasteiger partial charge in [-0.3, -0.25) is 9.59 Å². The minimum atomic E-state index is -0.776. The quantitative estimate of drug-likeness (QED) is 0.693. The third-order valence-electron chi connectivity index (χ3n) is 3.34. The molecule has 0 spiro atoms. The summed E-state index contributed by atoms with van der Waals surface area (Å²) in [6, 6.07) is 7.24. The fourth-order valence-corrected chi connectivity index (χ4v) is 2.45. The number of hydrogen-bond acceptors (Lipinski definition) is 4. The highest BCUT2D eigenvalue weighted by molar-refractivity contribution is 6.38. The predicted octanol–water partition coefficient (Wildman–Crippen LogP) is 2.34. The van der Waals surface area contributed by atoms with Crippen molar-refractivity contribution in [3.8, 4) is 0 Å². The van der Waals surface area contributed by atoms with Crippen molar-refractivity contribution < 1.29 is 19.8 Å². The maximum Gasteiger partial charge on any atom is 0.232 e. The zero-order valence-electron chi connectivity index (χ0n) is 10.6. The highest BCUT2D eigenvalue weighted by Gasteiger charge is 2.31. The average Bonchev–Trinajstić information content (AvgIpc) is 2.74. The number of H-pyrrole nitrogens is 1. The Balaban J connectivity index is 2.35. The molecular formula is C15H11NO4. The number of carbonyl (C=O) groups excluding carboxylic acids is 2. The van der Waals surface area contributed by atoms with Crippen LogP contribution in [0.25, 0.3) is 16.5 Å². The molecule has 20 heavy (non-hydrogen) atoms. The molecule has 100 valence electrons. The number of aliphatic hydroxyl groups excluding tert-OH is 2. The van der Waals surface area contributed by atoms with Gasteiger partial charge in [-0.05, 0) is 13.0 Å². The van der Waals surface area contributed by atoms with E-state index in [0.29, 0.717) is 16.6 Å². The molecule has 0 saturated heterocycles. The number of ketones is 2. The monoisotopic (exact) mass is 269 g/mol. The highest BCUT2D eigenvalue weighted by Crippen LogP contribution is 2.33. The topological polar surface area (TPSA) is 90.4 Å². The van der Waals surface area contributed by atoms with Gasteiger partial charge in [0.2, 0.25) is 11.6 Å². The lowest BCUT2D eigenvalue weighted by atomic mass is 9.91. The number of aromatic nitrogens is 1. The normalized spacial score (nSPS) is 15.9. The molecule has 5 heteroatoms. The van der Waals surface area contributed by atoms with E-state index in [2.05, 4.69) is 4.98 Å². The van der Waals surface area contributed by atoms with Crippen LogP contribution in [0, 0.1) is 6.92 Å². The van der Waals surface area contributed by atoms with Crippen LogP contribution in [0.15, 0.2) is 41.9 Å². The molecule has 0 amide bonds. The summed E-state index contributed by atoms with van der Waals surface area (Å²) in [7, 11) is 0. The van der Waals surface area contributed by atoms with Crippen molar-refractivity contribution >= 4 is 28.0 Å². The third-order valence-corrected chi connectivity index (χ3v) is 3.34. The van der Waals surface area contributed by atoms with Crippen molar-refractivity contribution in [1.29, 1.82) is 0 Å². The lowest BCUT2D eigenvalue weighted by molar-refractivity contribution is -0.117. The summed E-state index contributed by atoms with van der Waals surface area (Å²) in [6.07, 6.45) is 0.728. The van der Waals surface area contributed by atoms with Gasteiger partial charge in [0.05, 0.1) is 5.57 Å². The molecule has 0 saturated carbocycles. The number of rotatable bonds is 1. The Hall–Kier alpha value is -2.82. The molecule has 3 N–H and O–H groups in total. The van der Waals surface area contributed by atoms with Gasteiger partial charge in [0.15, 0.2) is 11.5 Å². The molecule has 1 aromatic carbocycles. The van der Waals surface area contributed by atoms with Crippen LogP contribution < -0.4 is 0 Å². The van der Waals surface area contributed by atoms with Gasteiger partial charge in [-0.15, -0.1) is 0 Å². The molecule has 2 aromatic rings. The van der Waals surface area contributed by atoms with Crippen LogP contribution in [-0.2, 0) is 9.59 Å². The van der Waals surface area contributed by atoms with Gasteiger partial charge in [-0.25, -0.2) is 0 Å². The Morgan fingerprint density at radius 1 is 1.10 bits per heavy atom. The molecule has 0 aliphatic heterocycles. The van der Waals surface area contributed by atoms with Crippen LogP contribution in [-0.4, -0.2) is 26.8 Å². The molecule has 0 radical (unpaired) electrons. The van der Waals surface area contributed by atoms with Crippen molar-refractivity contribution in [3.63, 3.8) is 0 Å². The zero-order valence-corrected chi connectivity index (χ0v) is 10.6. The molecule has 1 aliphatic rings. The van der Waals surface area contributed by atoms with Crippen LogP contribution >= 0.6 is 0 Å². The minimum Gasteiger partial charge on any atom is -0.504 e. The number of Topliss-reactive ketones (excluding diaryl/α,β-unsaturated/α-hetero) is 1. The standard InChI is InChI=1S/C15H11NO4/c1-7-12(8-4-2-3-5-9(8)16-7)13-14(19)10(17)6-11(18)15(13)20/h2-6,16-17,20H,1H3. The fraction of sp³-hybridized carbons (Fsp3) is 0.0667. The van der Waals surface area contributed by atoms with Gasteiger partial charge in [-0.1, -0.05) is 18.2 Å². The highest BCUT2D eigenvalue weighted by atomic mass is 16.3. The molecule has 1 aromatic heterocycles. The molecule has 0 unspecified atom stereocenters. The van der Waals surface area contributed by atoms with E-state index in [1.165, 1.54) is 0 Å². The summed E-state index contributed by atoms with van der Waals surface area (Å²) in [6.45, 7) is 1.74. The number of aromatic amines is 1. The van der Waals surface area contributed by atoms with E-state index in [4.69, 9.17) is 0 Å². The van der Waals surface area contributed by atoms with Crippen molar-refractivity contribution in [2.45, 2.75) is 6.92 Å². The number of allylic oxidation sites excluding steroid dienone is 2. The second-order valence-electron chi connectivity index (χ2n) is 4.62. The van der Waals surface area contributed by atoms with Crippen LogP contribution in [0.1, 0.15) is 11.3 Å². The lowest BCUT2D eigenvalue weighted by Gasteiger charge is -2.12. The SMILES string of the molecule is Cc1[nH]c2ccccc2c1C1=C(O)C(=O)C=C(O)C1=O. The first-order chi connectivity index (χ1) is 9.50. The van der Waals surface area contributed by atoms with Crippen molar-refractivity contribution in [1.82, 2.24) is 4.98 Å². The van der Waals surface area contributed by atoms with Crippen LogP contribution in [0.2, 0.25) is 0 Å². The van der Waals surface area contributed by atoms with E-state index in [-0.39, 0.29) is 5.57 Å². The van der Waals surface area contributed by atoms with E-state index >= 15 is 0 Å². The Morgan fingerprint density at radius 3 is 2.55 bits per heavy atom. The van der Waals surface area contributed by atoms with E-state index in [9.17, 15) is 19.8 Å². The minimum absolute atomic E-state index is 0.162. The van der Waals surface area contributed by atoms with E-state index in [1.807, 2.05) is 12.1 Å². The molecular weight excluding hydrogens is 258 g/mol. The number of fused-ring (bicyclic) bond motifs is 1. The molecule has 0 atom stereocenters. The maximum atomic E-state index is 12.1. The molecule has 3 rings (SSSR count). The zero-order chi connectivity index (χ0) is 14.4. The molecule has 0 bridgehead atoms. The van der Waals surface area contributed by atoms with Crippen molar-refractivity contribution in [2.75, 3.05) is 0 Å². The molecule has 1 heterocycles. The number of aryl methyl sites for hydroxylation is 1. The van der Waals surface area contributed by atoms with Gasteiger partial charge in [0.25, 0.3) is 0 Å². The summed E-state index contributed by atoms with van der Waals surface area (Å²) in [4.78, 5) is 26.8. The largest absolute Gasteiger partial charge is 0.504 e. The summed E-state index contributed by atoms with van der Waals surface area (Å²) in [5.74, 6) is -2.83. The first kappa shape index (κ1) is 12.2. The summed E-state index contributed by atoms with van der Waals surface area (Å²) >= 11 is 0. The summed E-state index contributed by atoms with van der Waals surface area (Å²) in [5, 5.41) is 20.2. The third kappa shape index (κ3) is 1.56. The summed E-state index contributed by atoms with van der Waals surface area (Å²) < 4.78 is 0. The molecule has 0 fully saturated rings. The van der Waals surface area contributed by atoms with Gasteiger partial charge in [0, 0.05) is 28.2 Å². The maximum absolute atomic E-state index is 12.1. The second-order valence-corrected chi connectivity index (χ2v) is 4.62. The second kappa shape index (κ2) is 4.09. The Kier molecular flexibility index (Phi) is 2.50. The van der Waals surface area contributed by atoms with Crippen LogP contribution in [0.3, 0.4) is 0 Å². The predicted molar refractivity (Wildman–Crippen MR) is 73.3 cm³/mol. The molecule has 5 nitrogen and oxygen atoms in total.